The van der Waals surface area contributed by atoms with E-state index >= 15 is 0 Å². The summed E-state index contributed by atoms with van der Waals surface area (Å²) in [6.07, 6.45) is 4.85. The van der Waals surface area contributed by atoms with Gasteiger partial charge in [0.05, 0.1) is 0 Å². The van der Waals surface area contributed by atoms with E-state index in [2.05, 4.69) is 73.8 Å². The first kappa shape index (κ1) is 15.3. The SMILES string of the molecule is CC1=C(C(Nc2cccc(C)c2)=C2CC2)CC(c2ccccc2)C1. The third-order valence-electron chi connectivity index (χ3n) is 5.23. The first-order chi connectivity index (χ1) is 11.7. The van der Waals surface area contributed by atoms with Gasteiger partial charge < -0.3 is 5.32 Å². The van der Waals surface area contributed by atoms with Gasteiger partial charge in [0.1, 0.15) is 0 Å². The van der Waals surface area contributed by atoms with Gasteiger partial charge in [-0.2, -0.15) is 0 Å². The van der Waals surface area contributed by atoms with Crippen molar-refractivity contribution in [2.24, 2.45) is 0 Å². The zero-order valence-electron chi connectivity index (χ0n) is 14.6. The molecule has 0 bridgehead atoms. The van der Waals surface area contributed by atoms with Crippen LogP contribution < -0.4 is 5.32 Å². The lowest BCUT2D eigenvalue weighted by atomic mass is 9.95. The molecule has 1 N–H and O–H groups in total. The predicted octanol–water partition coefficient (Wildman–Crippen LogP) is 6.35. The zero-order valence-corrected chi connectivity index (χ0v) is 14.6. The number of aryl methyl sites for hydroxylation is 1. The van der Waals surface area contributed by atoms with Crippen molar-refractivity contribution in [3.8, 4) is 0 Å². The summed E-state index contributed by atoms with van der Waals surface area (Å²) >= 11 is 0. The van der Waals surface area contributed by atoms with Crippen molar-refractivity contribution in [1.29, 1.82) is 0 Å². The topological polar surface area (TPSA) is 12.0 Å². The fourth-order valence-corrected chi connectivity index (χ4v) is 3.82. The highest BCUT2D eigenvalue weighted by atomic mass is 14.9. The summed E-state index contributed by atoms with van der Waals surface area (Å²) in [5, 5.41) is 3.75. The largest absolute Gasteiger partial charge is 0.355 e. The van der Waals surface area contributed by atoms with E-state index in [-0.39, 0.29) is 0 Å². The third-order valence-corrected chi connectivity index (χ3v) is 5.23. The normalized spacial score (nSPS) is 19.6. The summed E-state index contributed by atoms with van der Waals surface area (Å²) in [5.41, 5.74) is 10.1. The Morgan fingerprint density at radius 1 is 0.917 bits per heavy atom. The van der Waals surface area contributed by atoms with Crippen LogP contribution in [0.15, 0.2) is 77.0 Å². The summed E-state index contributed by atoms with van der Waals surface area (Å²) in [6, 6.07) is 19.7. The molecule has 2 aliphatic carbocycles. The summed E-state index contributed by atoms with van der Waals surface area (Å²) < 4.78 is 0. The first-order valence-electron chi connectivity index (χ1n) is 9.00. The van der Waals surface area contributed by atoms with Gasteiger partial charge in [-0.15, -0.1) is 0 Å². The van der Waals surface area contributed by atoms with E-state index in [1.165, 1.54) is 41.8 Å². The number of nitrogens with one attached hydrogen (secondary N) is 1. The van der Waals surface area contributed by atoms with Gasteiger partial charge in [-0.3, -0.25) is 0 Å². The molecule has 0 aromatic heterocycles. The standard InChI is InChI=1S/C23H25N/c1-16-7-6-10-21(13-16)24-23(19-11-12-19)22-15-20(14-17(22)2)18-8-4-3-5-9-18/h3-10,13,20,24H,11-12,14-15H2,1-2H3. The number of benzene rings is 2. The van der Waals surface area contributed by atoms with Gasteiger partial charge in [-0.1, -0.05) is 48.0 Å². The van der Waals surface area contributed by atoms with Crippen LogP contribution in [0.3, 0.4) is 0 Å². The van der Waals surface area contributed by atoms with Crippen molar-refractivity contribution in [3.63, 3.8) is 0 Å². The van der Waals surface area contributed by atoms with E-state index in [4.69, 9.17) is 0 Å². The molecule has 0 spiro atoms. The van der Waals surface area contributed by atoms with Crippen LogP contribution in [0, 0.1) is 6.92 Å². The van der Waals surface area contributed by atoms with Crippen LogP contribution in [0.5, 0.6) is 0 Å². The van der Waals surface area contributed by atoms with Crippen LogP contribution in [0.2, 0.25) is 0 Å². The Kier molecular flexibility index (Phi) is 4.02. The number of anilines is 1. The van der Waals surface area contributed by atoms with Crippen molar-refractivity contribution >= 4 is 5.69 Å². The maximum atomic E-state index is 3.75. The van der Waals surface area contributed by atoms with Gasteiger partial charge in [0.25, 0.3) is 0 Å². The lowest BCUT2D eigenvalue weighted by Gasteiger charge is -2.15. The minimum absolute atomic E-state index is 0.634. The van der Waals surface area contributed by atoms with E-state index in [0.717, 1.165) is 6.42 Å². The van der Waals surface area contributed by atoms with E-state index < -0.39 is 0 Å². The average Bonchev–Trinajstić information content (AvgIpc) is 3.36. The Morgan fingerprint density at radius 3 is 2.42 bits per heavy atom. The minimum atomic E-state index is 0.634. The maximum Gasteiger partial charge on any atom is 0.0408 e. The number of hydrogen-bond acceptors (Lipinski definition) is 1. The third kappa shape index (κ3) is 3.17. The average molecular weight is 315 g/mol. The fraction of sp³-hybridized carbons (Fsp3) is 0.304. The number of rotatable bonds is 4. The highest BCUT2D eigenvalue weighted by molar-refractivity contribution is 5.59. The molecule has 2 aromatic carbocycles. The van der Waals surface area contributed by atoms with Crippen molar-refractivity contribution in [3.05, 3.63) is 88.1 Å². The van der Waals surface area contributed by atoms with Gasteiger partial charge in [-0.05, 0) is 79.9 Å². The van der Waals surface area contributed by atoms with Crippen molar-refractivity contribution in [2.45, 2.75) is 45.4 Å². The molecule has 24 heavy (non-hydrogen) atoms. The Balaban J connectivity index is 1.59. The summed E-state index contributed by atoms with van der Waals surface area (Å²) in [5.74, 6) is 0.634. The van der Waals surface area contributed by atoms with Gasteiger partial charge in [0.15, 0.2) is 0 Å². The predicted molar refractivity (Wildman–Crippen MR) is 102 cm³/mol. The molecule has 0 radical (unpaired) electrons. The van der Waals surface area contributed by atoms with Crippen LogP contribution in [-0.2, 0) is 0 Å². The second kappa shape index (κ2) is 6.32. The molecule has 0 amide bonds. The first-order valence-corrected chi connectivity index (χ1v) is 9.00. The highest BCUT2D eigenvalue weighted by Gasteiger charge is 2.29. The molecule has 1 atom stereocenters. The highest BCUT2D eigenvalue weighted by Crippen LogP contribution is 2.45. The summed E-state index contributed by atoms with van der Waals surface area (Å²) in [4.78, 5) is 0. The van der Waals surface area contributed by atoms with E-state index in [1.54, 1.807) is 16.7 Å². The summed E-state index contributed by atoms with van der Waals surface area (Å²) in [6.45, 7) is 4.47. The van der Waals surface area contributed by atoms with Gasteiger partial charge in [-0.25, -0.2) is 0 Å². The molecule has 4 rings (SSSR count). The van der Waals surface area contributed by atoms with Crippen LogP contribution >= 0.6 is 0 Å². The smallest absolute Gasteiger partial charge is 0.0408 e. The Labute approximate surface area is 145 Å². The van der Waals surface area contributed by atoms with Crippen molar-refractivity contribution < 1.29 is 0 Å². The molecule has 122 valence electrons. The molecular formula is C23H25N. The number of hydrogen-bond donors (Lipinski definition) is 1. The Hall–Kier alpha value is -2.28. The molecule has 0 aliphatic heterocycles. The second-order valence-electron chi connectivity index (χ2n) is 7.25. The van der Waals surface area contributed by atoms with E-state index in [1.807, 2.05) is 0 Å². The van der Waals surface area contributed by atoms with Gasteiger partial charge in [0, 0.05) is 11.4 Å². The lowest BCUT2D eigenvalue weighted by Crippen LogP contribution is -2.04. The Bertz CT molecular complexity index is 805. The molecule has 1 heteroatoms. The van der Waals surface area contributed by atoms with Crippen molar-refractivity contribution in [2.75, 3.05) is 5.32 Å². The molecule has 0 saturated heterocycles. The molecule has 1 unspecified atom stereocenters. The van der Waals surface area contributed by atoms with Crippen LogP contribution in [-0.4, -0.2) is 0 Å². The monoisotopic (exact) mass is 315 g/mol. The van der Waals surface area contributed by atoms with Crippen molar-refractivity contribution in [1.82, 2.24) is 0 Å². The molecule has 2 aliphatic rings. The summed E-state index contributed by atoms with van der Waals surface area (Å²) in [7, 11) is 0. The van der Waals surface area contributed by atoms with Crippen LogP contribution in [0.1, 0.15) is 49.7 Å². The zero-order chi connectivity index (χ0) is 16.5. The van der Waals surface area contributed by atoms with Gasteiger partial charge in [0.2, 0.25) is 0 Å². The molecule has 1 fully saturated rings. The van der Waals surface area contributed by atoms with Crippen LogP contribution in [0.4, 0.5) is 5.69 Å². The van der Waals surface area contributed by atoms with Gasteiger partial charge >= 0.3 is 0 Å². The lowest BCUT2D eigenvalue weighted by molar-refractivity contribution is 0.733. The fourth-order valence-electron chi connectivity index (χ4n) is 3.82. The number of allylic oxidation sites excluding steroid dienone is 3. The quantitative estimate of drug-likeness (QED) is 0.693. The van der Waals surface area contributed by atoms with E-state index in [0.29, 0.717) is 5.92 Å². The minimum Gasteiger partial charge on any atom is -0.355 e. The molecule has 1 nitrogen and oxygen atoms in total. The van der Waals surface area contributed by atoms with E-state index in [9.17, 15) is 0 Å². The molecule has 2 aromatic rings. The molecule has 0 heterocycles. The second-order valence-corrected chi connectivity index (χ2v) is 7.25. The molecule has 1 saturated carbocycles. The molecular weight excluding hydrogens is 290 g/mol. The Morgan fingerprint density at radius 2 is 1.71 bits per heavy atom. The maximum absolute atomic E-state index is 3.75. The van der Waals surface area contributed by atoms with Crippen LogP contribution in [0.25, 0.3) is 0 Å².